The Labute approximate surface area is 142 Å². The highest BCUT2D eigenvalue weighted by molar-refractivity contribution is 7.98. The lowest BCUT2D eigenvalue weighted by molar-refractivity contribution is 1.07. The standard InChI is InChI=1S/C18H15N3S2/c1-12-5-4-6-13(9-12)17-19-14(10-22-17)11-23-18-20-15-7-2-3-8-16(15)21-18/h2-10H,11H2,1H3,(H,20,21). The number of benzene rings is 2. The van der Waals surface area contributed by atoms with Crippen LogP contribution in [0.1, 0.15) is 11.3 Å². The Hall–Kier alpha value is -2.11. The second-order valence-electron chi connectivity index (χ2n) is 5.36. The van der Waals surface area contributed by atoms with Crippen LogP contribution in [-0.2, 0) is 5.75 Å². The molecule has 0 radical (unpaired) electrons. The average Bonchev–Trinajstić information content (AvgIpc) is 3.19. The number of aryl methyl sites for hydroxylation is 1. The van der Waals surface area contributed by atoms with Crippen LogP contribution in [0.4, 0.5) is 0 Å². The van der Waals surface area contributed by atoms with Gasteiger partial charge in [0.15, 0.2) is 5.16 Å². The Bertz CT molecular complexity index is 922. The molecule has 0 aliphatic carbocycles. The SMILES string of the molecule is Cc1cccc(-c2nc(CSc3nc4ccccc4[nH]3)cs2)c1. The molecule has 0 saturated heterocycles. The first-order chi connectivity index (χ1) is 11.3. The van der Waals surface area contributed by atoms with Crippen molar-refractivity contribution < 1.29 is 0 Å². The van der Waals surface area contributed by atoms with Gasteiger partial charge in [-0.15, -0.1) is 11.3 Å². The van der Waals surface area contributed by atoms with E-state index >= 15 is 0 Å². The third kappa shape index (κ3) is 3.16. The van der Waals surface area contributed by atoms with Gasteiger partial charge in [-0.2, -0.15) is 0 Å². The second-order valence-corrected chi connectivity index (χ2v) is 7.18. The van der Waals surface area contributed by atoms with Gasteiger partial charge in [0.05, 0.1) is 16.7 Å². The third-order valence-electron chi connectivity index (χ3n) is 3.54. The van der Waals surface area contributed by atoms with E-state index in [1.165, 1.54) is 11.1 Å². The maximum Gasteiger partial charge on any atom is 0.166 e. The molecule has 4 aromatic rings. The van der Waals surface area contributed by atoms with Gasteiger partial charge in [-0.25, -0.2) is 9.97 Å². The molecule has 2 aromatic carbocycles. The van der Waals surface area contributed by atoms with Gasteiger partial charge in [-0.3, -0.25) is 0 Å². The van der Waals surface area contributed by atoms with Crippen molar-refractivity contribution in [2.24, 2.45) is 0 Å². The molecular formula is C18H15N3S2. The highest BCUT2D eigenvalue weighted by Crippen LogP contribution is 2.28. The largest absolute Gasteiger partial charge is 0.333 e. The molecule has 23 heavy (non-hydrogen) atoms. The number of hydrogen-bond acceptors (Lipinski definition) is 4. The summed E-state index contributed by atoms with van der Waals surface area (Å²) in [4.78, 5) is 12.7. The summed E-state index contributed by atoms with van der Waals surface area (Å²) in [6.07, 6.45) is 0. The minimum atomic E-state index is 0.822. The number of aromatic amines is 1. The van der Waals surface area contributed by atoms with Gasteiger partial charge < -0.3 is 4.98 Å². The molecule has 0 aliphatic rings. The minimum Gasteiger partial charge on any atom is -0.333 e. The smallest absolute Gasteiger partial charge is 0.166 e. The number of rotatable bonds is 4. The molecule has 5 heteroatoms. The molecule has 3 nitrogen and oxygen atoms in total. The van der Waals surface area contributed by atoms with E-state index in [4.69, 9.17) is 4.98 Å². The zero-order valence-electron chi connectivity index (χ0n) is 12.6. The van der Waals surface area contributed by atoms with Crippen LogP contribution in [-0.4, -0.2) is 15.0 Å². The van der Waals surface area contributed by atoms with Crippen LogP contribution in [0.2, 0.25) is 0 Å². The number of thioether (sulfide) groups is 1. The van der Waals surface area contributed by atoms with Crippen LogP contribution in [0.5, 0.6) is 0 Å². The molecule has 0 aliphatic heterocycles. The average molecular weight is 337 g/mol. The van der Waals surface area contributed by atoms with Crippen molar-refractivity contribution in [3.63, 3.8) is 0 Å². The van der Waals surface area contributed by atoms with Gasteiger partial charge in [0.2, 0.25) is 0 Å². The van der Waals surface area contributed by atoms with Crippen molar-refractivity contribution in [1.29, 1.82) is 0 Å². The lowest BCUT2D eigenvalue weighted by Crippen LogP contribution is -1.83. The molecule has 4 rings (SSSR count). The van der Waals surface area contributed by atoms with Gasteiger partial charge in [-0.1, -0.05) is 47.7 Å². The van der Waals surface area contributed by atoms with Crippen LogP contribution in [0.15, 0.2) is 59.1 Å². The monoisotopic (exact) mass is 337 g/mol. The quantitative estimate of drug-likeness (QED) is 0.515. The summed E-state index contributed by atoms with van der Waals surface area (Å²) in [7, 11) is 0. The fourth-order valence-electron chi connectivity index (χ4n) is 2.42. The third-order valence-corrected chi connectivity index (χ3v) is 5.39. The Morgan fingerprint density at radius 1 is 1.09 bits per heavy atom. The van der Waals surface area contributed by atoms with Crippen LogP contribution < -0.4 is 0 Å². The number of nitrogens with zero attached hydrogens (tertiary/aromatic N) is 2. The molecule has 0 saturated carbocycles. The van der Waals surface area contributed by atoms with Gasteiger partial charge in [0, 0.05) is 16.7 Å². The van der Waals surface area contributed by atoms with Crippen LogP contribution in [0.25, 0.3) is 21.6 Å². The van der Waals surface area contributed by atoms with Crippen molar-refractivity contribution in [3.05, 3.63) is 65.2 Å². The van der Waals surface area contributed by atoms with E-state index in [0.29, 0.717) is 0 Å². The van der Waals surface area contributed by atoms with Crippen molar-refractivity contribution in [2.45, 2.75) is 17.8 Å². The molecule has 0 fully saturated rings. The van der Waals surface area contributed by atoms with Gasteiger partial charge in [-0.05, 0) is 25.1 Å². The molecule has 2 heterocycles. The van der Waals surface area contributed by atoms with E-state index in [1.54, 1.807) is 23.1 Å². The molecule has 0 bridgehead atoms. The van der Waals surface area contributed by atoms with E-state index in [1.807, 2.05) is 24.3 Å². The van der Waals surface area contributed by atoms with Crippen molar-refractivity contribution in [2.75, 3.05) is 0 Å². The fraction of sp³-hybridized carbons (Fsp3) is 0.111. The highest BCUT2D eigenvalue weighted by Gasteiger charge is 2.07. The summed E-state index contributed by atoms with van der Waals surface area (Å²) in [5, 5.41) is 4.15. The molecule has 0 spiro atoms. The van der Waals surface area contributed by atoms with Crippen LogP contribution >= 0.6 is 23.1 Å². The van der Waals surface area contributed by atoms with Crippen molar-refractivity contribution in [1.82, 2.24) is 15.0 Å². The number of imidazole rings is 1. The van der Waals surface area contributed by atoms with Gasteiger partial charge in [0.25, 0.3) is 0 Å². The van der Waals surface area contributed by atoms with Gasteiger partial charge in [0.1, 0.15) is 5.01 Å². The van der Waals surface area contributed by atoms with Gasteiger partial charge >= 0.3 is 0 Å². The first-order valence-electron chi connectivity index (χ1n) is 7.37. The maximum absolute atomic E-state index is 4.75. The lowest BCUT2D eigenvalue weighted by Gasteiger charge is -1.97. The number of aromatic nitrogens is 3. The minimum absolute atomic E-state index is 0.822. The Morgan fingerprint density at radius 2 is 2.00 bits per heavy atom. The molecule has 0 unspecified atom stereocenters. The molecule has 1 N–H and O–H groups in total. The Balaban J connectivity index is 1.49. The topological polar surface area (TPSA) is 41.6 Å². The molecule has 0 amide bonds. The van der Waals surface area contributed by atoms with E-state index in [-0.39, 0.29) is 0 Å². The van der Waals surface area contributed by atoms with Crippen molar-refractivity contribution in [3.8, 4) is 10.6 Å². The summed E-state index contributed by atoms with van der Waals surface area (Å²) in [5.41, 5.74) is 5.63. The predicted octanol–water partition coefficient (Wildman–Crippen LogP) is 5.29. The Kier molecular flexibility index (Phi) is 3.89. The predicted molar refractivity (Wildman–Crippen MR) is 97.9 cm³/mol. The molecule has 0 atom stereocenters. The van der Waals surface area contributed by atoms with Crippen LogP contribution in [0.3, 0.4) is 0 Å². The number of fused-ring (bicyclic) bond motifs is 1. The van der Waals surface area contributed by atoms with E-state index in [9.17, 15) is 0 Å². The summed E-state index contributed by atoms with van der Waals surface area (Å²) in [5.74, 6) is 0.822. The maximum atomic E-state index is 4.75. The Morgan fingerprint density at radius 3 is 2.87 bits per heavy atom. The number of nitrogens with one attached hydrogen (secondary N) is 1. The van der Waals surface area contributed by atoms with Crippen LogP contribution in [0, 0.1) is 6.92 Å². The van der Waals surface area contributed by atoms with E-state index < -0.39 is 0 Å². The first-order valence-corrected chi connectivity index (χ1v) is 9.23. The molecule has 2 aromatic heterocycles. The second kappa shape index (κ2) is 6.18. The summed E-state index contributed by atoms with van der Waals surface area (Å²) < 4.78 is 0. The fourth-order valence-corrected chi connectivity index (χ4v) is 4.12. The normalized spacial score (nSPS) is 11.2. The molecule has 114 valence electrons. The van der Waals surface area contributed by atoms with E-state index in [2.05, 4.69) is 46.5 Å². The number of H-pyrrole nitrogens is 1. The number of hydrogen-bond donors (Lipinski definition) is 1. The zero-order chi connectivity index (χ0) is 15.6. The lowest BCUT2D eigenvalue weighted by atomic mass is 10.1. The first kappa shape index (κ1) is 14.5. The zero-order valence-corrected chi connectivity index (χ0v) is 14.2. The van der Waals surface area contributed by atoms with E-state index in [0.717, 1.165) is 32.6 Å². The van der Waals surface area contributed by atoms with Crippen molar-refractivity contribution >= 4 is 34.1 Å². The highest BCUT2D eigenvalue weighted by atomic mass is 32.2. The summed E-state index contributed by atoms with van der Waals surface area (Å²) >= 11 is 3.38. The summed E-state index contributed by atoms with van der Waals surface area (Å²) in [6, 6.07) is 16.6. The number of para-hydroxylation sites is 2. The molecular weight excluding hydrogens is 322 g/mol. The number of thiazole rings is 1. The summed E-state index contributed by atoms with van der Waals surface area (Å²) in [6.45, 7) is 2.11.